The summed E-state index contributed by atoms with van der Waals surface area (Å²) in [5.41, 5.74) is 2.28. The van der Waals surface area contributed by atoms with Crippen LogP contribution in [-0.2, 0) is 22.4 Å². The van der Waals surface area contributed by atoms with Crippen molar-refractivity contribution in [3.05, 3.63) is 90.3 Å². The maximum absolute atomic E-state index is 13.8. The van der Waals surface area contributed by atoms with Crippen LogP contribution in [0.5, 0.6) is 0 Å². The third-order valence-corrected chi connectivity index (χ3v) is 7.89. The van der Waals surface area contributed by atoms with Crippen LogP contribution in [0.4, 0.5) is 9.59 Å². The third-order valence-electron chi connectivity index (χ3n) is 7.89. The Morgan fingerprint density at radius 1 is 0.848 bits per heavy atom. The number of benzene rings is 2. The Kier molecular flexibility index (Phi) is 12.3. The highest BCUT2D eigenvalue weighted by Crippen LogP contribution is 2.26. The molecule has 4 atom stereocenters. The van der Waals surface area contributed by atoms with Crippen molar-refractivity contribution >= 4 is 18.1 Å². The average molecular weight is 633 g/mol. The van der Waals surface area contributed by atoms with Crippen LogP contribution in [0.15, 0.2) is 79.1 Å². The standard InChI is InChI=1S/C36H48N4O6/c1-35(2,3)31(39-33(43)46-7)32(42)38-29(21-25-15-17-26(18-16-25)27-14-11-19-37-23-27)30(41)22-28(20-24-12-9-8-10-13-24)40(34(44)45)36(4,5)6/h8-19,23,28-31,41H,20-22H2,1-7H3,(H,38,42)(H,39,43)(H,44,45)/t28-,29-,30-,31+/m0/s1. The smallest absolute Gasteiger partial charge is 0.407 e. The fraction of sp³-hybridized carbons (Fsp3) is 0.444. The Balaban J connectivity index is 1.97. The van der Waals surface area contributed by atoms with E-state index in [1.807, 2.05) is 108 Å². The maximum atomic E-state index is 13.8. The number of ether oxygens (including phenoxy) is 1. The van der Waals surface area contributed by atoms with Crippen molar-refractivity contribution in [3.63, 3.8) is 0 Å². The number of amides is 3. The lowest BCUT2D eigenvalue weighted by molar-refractivity contribution is -0.127. The van der Waals surface area contributed by atoms with Gasteiger partial charge < -0.3 is 30.5 Å². The number of rotatable bonds is 12. The lowest BCUT2D eigenvalue weighted by atomic mass is 9.85. The van der Waals surface area contributed by atoms with Crippen molar-refractivity contribution in [2.24, 2.45) is 5.41 Å². The Hall–Kier alpha value is -4.44. The van der Waals surface area contributed by atoms with Crippen molar-refractivity contribution in [2.45, 2.75) is 90.6 Å². The first-order valence-electron chi connectivity index (χ1n) is 15.5. The number of aliphatic hydroxyl groups is 1. The zero-order chi connectivity index (χ0) is 34.1. The van der Waals surface area contributed by atoms with Crippen molar-refractivity contribution in [3.8, 4) is 11.1 Å². The predicted octanol–water partition coefficient (Wildman–Crippen LogP) is 5.69. The number of aromatic nitrogens is 1. The number of methoxy groups -OCH3 is 1. The third kappa shape index (κ3) is 10.3. The molecule has 0 fully saturated rings. The lowest BCUT2D eigenvalue weighted by Crippen LogP contribution is -2.59. The minimum Gasteiger partial charge on any atom is -0.465 e. The molecule has 10 nitrogen and oxygen atoms in total. The first-order chi connectivity index (χ1) is 21.6. The maximum Gasteiger partial charge on any atom is 0.407 e. The van der Waals surface area contributed by atoms with Crippen molar-refractivity contribution < 1.29 is 29.3 Å². The molecule has 10 heteroatoms. The van der Waals surface area contributed by atoms with E-state index in [2.05, 4.69) is 15.6 Å². The van der Waals surface area contributed by atoms with Crippen molar-refractivity contribution in [1.29, 1.82) is 0 Å². The molecule has 2 aromatic carbocycles. The number of pyridine rings is 1. The molecule has 1 heterocycles. The van der Waals surface area contributed by atoms with Gasteiger partial charge in [-0.2, -0.15) is 0 Å². The quantitative estimate of drug-likeness (QED) is 0.201. The van der Waals surface area contributed by atoms with Gasteiger partial charge in [0, 0.05) is 24.0 Å². The molecule has 0 unspecified atom stereocenters. The minimum absolute atomic E-state index is 0.0573. The van der Waals surface area contributed by atoms with Crippen LogP contribution in [0.25, 0.3) is 11.1 Å². The van der Waals surface area contributed by atoms with E-state index in [0.717, 1.165) is 22.3 Å². The van der Waals surface area contributed by atoms with Gasteiger partial charge in [0.05, 0.1) is 19.3 Å². The zero-order valence-electron chi connectivity index (χ0n) is 27.9. The Morgan fingerprint density at radius 2 is 1.48 bits per heavy atom. The van der Waals surface area contributed by atoms with Gasteiger partial charge in [-0.05, 0) is 73.8 Å². The van der Waals surface area contributed by atoms with Crippen LogP contribution in [0.2, 0.25) is 0 Å². The van der Waals surface area contributed by atoms with Gasteiger partial charge in [0.15, 0.2) is 0 Å². The van der Waals surface area contributed by atoms with Crippen LogP contribution in [0, 0.1) is 5.41 Å². The molecular formula is C36H48N4O6. The summed E-state index contributed by atoms with van der Waals surface area (Å²) in [6.07, 6.45) is 1.19. The molecule has 1 aromatic heterocycles. The SMILES string of the molecule is COC(=O)N[C@H](C(=O)N[C@@H](Cc1ccc(-c2cccnc2)cc1)[C@@H](O)C[C@H](Cc1ccccc1)N(C(=O)O)C(C)(C)C)C(C)(C)C. The summed E-state index contributed by atoms with van der Waals surface area (Å²) in [5.74, 6) is -0.487. The number of nitrogens with one attached hydrogen (secondary N) is 2. The number of alkyl carbamates (subject to hydrolysis) is 1. The number of carbonyl (C=O) groups excluding carboxylic acids is 2. The van der Waals surface area contributed by atoms with E-state index < -0.39 is 53.3 Å². The van der Waals surface area contributed by atoms with Crippen LogP contribution in [0.3, 0.4) is 0 Å². The Bertz CT molecular complexity index is 1420. The predicted molar refractivity (Wildman–Crippen MR) is 178 cm³/mol. The molecule has 0 saturated heterocycles. The summed E-state index contributed by atoms with van der Waals surface area (Å²) < 4.78 is 4.77. The summed E-state index contributed by atoms with van der Waals surface area (Å²) in [5, 5.41) is 27.8. The highest BCUT2D eigenvalue weighted by Gasteiger charge is 2.38. The fourth-order valence-electron chi connectivity index (χ4n) is 5.62. The summed E-state index contributed by atoms with van der Waals surface area (Å²) >= 11 is 0. The Labute approximate surface area is 272 Å². The van der Waals surface area contributed by atoms with Gasteiger partial charge in [-0.25, -0.2) is 9.59 Å². The van der Waals surface area contributed by atoms with Crippen molar-refractivity contribution in [1.82, 2.24) is 20.5 Å². The highest BCUT2D eigenvalue weighted by atomic mass is 16.5. The molecule has 0 bridgehead atoms. The van der Waals surface area contributed by atoms with E-state index in [1.165, 1.54) is 12.0 Å². The minimum atomic E-state index is -1.14. The highest BCUT2D eigenvalue weighted by molar-refractivity contribution is 5.86. The zero-order valence-corrected chi connectivity index (χ0v) is 27.9. The number of hydrogen-bond donors (Lipinski definition) is 4. The molecule has 248 valence electrons. The van der Waals surface area contributed by atoms with Gasteiger partial charge in [-0.1, -0.05) is 81.4 Å². The summed E-state index contributed by atoms with van der Waals surface area (Å²) in [7, 11) is 1.23. The normalized spacial score (nSPS) is 14.3. The molecule has 46 heavy (non-hydrogen) atoms. The molecule has 0 radical (unpaired) electrons. The molecule has 3 rings (SSSR count). The molecule has 3 aromatic rings. The molecule has 4 N–H and O–H groups in total. The molecule has 0 spiro atoms. The second-order valence-electron chi connectivity index (χ2n) is 13.7. The number of hydrogen-bond acceptors (Lipinski definition) is 6. The fourth-order valence-corrected chi connectivity index (χ4v) is 5.62. The van der Waals surface area contributed by atoms with Crippen LogP contribution < -0.4 is 10.6 Å². The molecule has 3 amide bonds. The van der Waals surface area contributed by atoms with E-state index in [1.54, 1.807) is 12.4 Å². The molecule has 0 aliphatic rings. The molecule has 0 aliphatic heterocycles. The number of nitrogens with zero attached hydrogens (tertiary/aromatic N) is 2. The molecular weight excluding hydrogens is 584 g/mol. The summed E-state index contributed by atoms with van der Waals surface area (Å²) in [6, 6.07) is 18.8. The topological polar surface area (TPSA) is 141 Å². The monoisotopic (exact) mass is 632 g/mol. The van der Waals surface area contributed by atoms with Gasteiger partial charge in [-0.15, -0.1) is 0 Å². The van der Waals surface area contributed by atoms with Gasteiger partial charge in [0.25, 0.3) is 0 Å². The van der Waals surface area contributed by atoms with Gasteiger partial charge >= 0.3 is 12.2 Å². The van der Waals surface area contributed by atoms with Crippen LogP contribution in [0.1, 0.15) is 59.1 Å². The van der Waals surface area contributed by atoms with E-state index in [4.69, 9.17) is 4.74 Å². The second kappa shape index (κ2) is 15.7. The number of carboxylic acid groups (broad SMARTS) is 1. The van der Waals surface area contributed by atoms with Crippen molar-refractivity contribution in [2.75, 3.05) is 7.11 Å². The lowest BCUT2D eigenvalue weighted by Gasteiger charge is -2.41. The molecule has 0 saturated carbocycles. The van der Waals surface area contributed by atoms with Crippen LogP contribution in [-0.4, -0.2) is 75.1 Å². The van der Waals surface area contributed by atoms with Gasteiger partial charge in [0.2, 0.25) is 5.91 Å². The van der Waals surface area contributed by atoms with Gasteiger partial charge in [0.1, 0.15) is 6.04 Å². The molecule has 0 aliphatic carbocycles. The van der Waals surface area contributed by atoms with E-state index in [0.29, 0.717) is 6.42 Å². The number of aliphatic hydroxyl groups excluding tert-OH is 1. The second-order valence-corrected chi connectivity index (χ2v) is 13.7. The summed E-state index contributed by atoms with van der Waals surface area (Å²) in [6.45, 7) is 10.9. The number of carbonyl (C=O) groups is 3. The Morgan fingerprint density at radius 3 is 2.00 bits per heavy atom. The largest absolute Gasteiger partial charge is 0.465 e. The average Bonchev–Trinajstić information content (AvgIpc) is 2.99. The van der Waals surface area contributed by atoms with E-state index in [-0.39, 0.29) is 12.8 Å². The van der Waals surface area contributed by atoms with Crippen LogP contribution >= 0.6 is 0 Å². The summed E-state index contributed by atoms with van der Waals surface area (Å²) in [4.78, 5) is 44.1. The van der Waals surface area contributed by atoms with E-state index >= 15 is 0 Å². The van der Waals surface area contributed by atoms with Gasteiger partial charge in [-0.3, -0.25) is 9.78 Å². The first-order valence-corrected chi connectivity index (χ1v) is 15.5. The van der Waals surface area contributed by atoms with E-state index in [9.17, 15) is 24.6 Å². The first kappa shape index (κ1) is 36.0.